The molecule has 1 rings (SSSR count). The van der Waals surface area contributed by atoms with E-state index in [1.54, 1.807) is 0 Å². The van der Waals surface area contributed by atoms with Crippen LogP contribution in [-0.2, 0) is 16.4 Å². The lowest BCUT2D eigenvalue weighted by molar-refractivity contribution is 0.598. The Kier molecular flexibility index (Phi) is 4.80. The normalized spacial score (nSPS) is 11.4. The molecule has 0 aliphatic carbocycles. The first-order valence-electron chi connectivity index (χ1n) is 5.67. The van der Waals surface area contributed by atoms with E-state index in [1.165, 1.54) is 0 Å². The Labute approximate surface area is 97.9 Å². The third-order valence-electron chi connectivity index (χ3n) is 2.43. The Morgan fingerprint density at radius 3 is 2.50 bits per heavy atom. The molecule has 0 radical (unpaired) electrons. The van der Waals surface area contributed by atoms with Crippen LogP contribution in [0.5, 0.6) is 0 Å². The van der Waals surface area contributed by atoms with Gasteiger partial charge in [0.05, 0.1) is 11.4 Å². The highest BCUT2D eigenvalue weighted by atomic mass is 32.2. The molecule has 90 valence electrons. The van der Waals surface area contributed by atoms with Gasteiger partial charge < -0.3 is 0 Å². The average molecular weight is 241 g/mol. The molecule has 0 heterocycles. The topological polar surface area (TPSA) is 46.2 Å². The molecular weight excluding hydrogens is 222 g/mol. The number of hydrogen-bond acceptors (Lipinski definition) is 2. The highest BCUT2D eigenvalue weighted by Gasteiger charge is 2.10. The van der Waals surface area contributed by atoms with Gasteiger partial charge in [-0.05, 0) is 24.5 Å². The zero-order chi connectivity index (χ0) is 12.0. The lowest BCUT2D eigenvalue weighted by Gasteiger charge is -2.10. The summed E-state index contributed by atoms with van der Waals surface area (Å²) in [5, 5.41) is 0. The van der Waals surface area contributed by atoms with Crippen LogP contribution in [0.3, 0.4) is 0 Å². The number of benzene rings is 1. The molecule has 3 nitrogen and oxygen atoms in total. The number of sulfonamides is 1. The van der Waals surface area contributed by atoms with Crippen LogP contribution < -0.4 is 4.72 Å². The standard InChI is InChI=1S/C12H19NO2S/c1-3-5-10-16(14,15)13-12-9-7-6-8-11(12)4-2/h6-9,13H,3-5,10H2,1-2H3. The first-order valence-corrected chi connectivity index (χ1v) is 7.32. The Morgan fingerprint density at radius 2 is 1.88 bits per heavy atom. The van der Waals surface area contributed by atoms with Crippen LogP contribution in [0, 0.1) is 0 Å². The van der Waals surface area contributed by atoms with E-state index in [-0.39, 0.29) is 5.75 Å². The van der Waals surface area contributed by atoms with Gasteiger partial charge in [0.2, 0.25) is 10.0 Å². The smallest absolute Gasteiger partial charge is 0.232 e. The largest absolute Gasteiger partial charge is 0.283 e. The minimum absolute atomic E-state index is 0.196. The minimum atomic E-state index is -3.18. The maximum atomic E-state index is 11.7. The highest BCUT2D eigenvalue weighted by molar-refractivity contribution is 7.92. The molecule has 0 saturated heterocycles. The van der Waals surface area contributed by atoms with E-state index in [2.05, 4.69) is 4.72 Å². The molecule has 0 aromatic heterocycles. The van der Waals surface area contributed by atoms with Gasteiger partial charge in [-0.25, -0.2) is 8.42 Å². The molecule has 0 spiro atoms. The number of hydrogen-bond donors (Lipinski definition) is 1. The van der Waals surface area contributed by atoms with Gasteiger partial charge in [0.1, 0.15) is 0 Å². The highest BCUT2D eigenvalue weighted by Crippen LogP contribution is 2.17. The fourth-order valence-corrected chi connectivity index (χ4v) is 2.79. The average Bonchev–Trinajstić information content (AvgIpc) is 2.27. The Balaban J connectivity index is 2.79. The van der Waals surface area contributed by atoms with Crippen molar-refractivity contribution in [2.24, 2.45) is 0 Å². The van der Waals surface area contributed by atoms with Crippen LogP contribution >= 0.6 is 0 Å². The maximum absolute atomic E-state index is 11.7. The summed E-state index contributed by atoms with van der Waals surface area (Å²) in [6, 6.07) is 7.51. The van der Waals surface area contributed by atoms with E-state index in [0.29, 0.717) is 12.1 Å². The first kappa shape index (κ1) is 13.0. The third kappa shape index (κ3) is 3.85. The van der Waals surface area contributed by atoms with Crippen molar-refractivity contribution in [1.82, 2.24) is 0 Å². The summed E-state index contributed by atoms with van der Waals surface area (Å²) in [5.74, 6) is 0.196. The number of nitrogens with one attached hydrogen (secondary N) is 1. The van der Waals surface area contributed by atoms with Gasteiger partial charge in [-0.2, -0.15) is 0 Å². The Morgan fingerprint density at radius 1 is 1.19 bits per heavy atom. The minimum Gasteiger partial charge on any atom is -0.283 e. The zero-order valence-electron chi connectivity index (χ0n) is 9.86. The van der Waals surface area contributed by atoms with Gasteiger partial charge >= 0.3 is 0 Å². The quantitative estimate of drug-likeness (QED) is 0.832. The molecular formula is C12H19NO2S. The van der Waals surface area contributed by atoms with Gasteiger partial charge in [0, 0.05) is 0 Å². The predicted molar refractivity (Wildman–Crippen MR) is 68.1 cm³/mol. The second-order valence-corrected chi connectivity index (χ2v) is 5.63. The summed E-state index contributed by atoms with van der Waals surface area (Å²) in [6.07, 6.45) is 2.41. The molecule has 16 heavy (non-hydrogen) atoms. The molecule has 0 unspecified atom stereocenters. The molecule has 0 aliphatic heterocycles. The number of para-hydroxylation sites is 1. The molecule has 4 heteroatoms. The Hall–Kier alpha value is -1.03. The van der Waals surface area contributed by atoms with Crippen LogP contribution in [0.25, 0.3) is 0 Å². The molecule has 0 bridgehead atoms. The molecule has 1 aromatic rings. The van der Waals surface area contributed by atoms with Crippen LogP contribution in [0.4, 0.5) is 5.69 Å². The van der Waals surface area contributed by atoms with Crippen molar-refractivity contribution < 1.29 is 8.42 Å². The number of unbranched alkanes of at least 4 members (excludes halogenated alkanes) is 1. The maximum Gasteiger partial charge on any atom is 0.232 e. The van der Waals surface area contributed by atoms with E-state index >= 15 is 0 Å². The van der Waals surface area contributed by atoms with E-state index in [1.807, 2.05) is 38.1 Å². The number of rotatable bonds is 6. The molecule has 0 aliphatic rings. The number of anilines is 1. The molecule has 0 fully saturated rings. The number of aryl methyl sites for hydroxylation is 1. The zero-order valence-corrected chi connectivity index (χ0v) is 10.7. The van der Waals surface area contributed by atoms with Crippen molar-refractivity contribution >= 4 is 15.7 Å². The summed E-state index contributed by atoms with van der Waals surface area (Å²) in [7, 11) is -3.18. The fourth-order valence-electron chi connectivity index (χ4n) is 1.48. The van der Waals surface area contributed by atoms with Crippen molar-refractivity contribution in [3.63, 3.8) is 0 Å². The first-order chi connectivity index (χ1) is 7.59. The second-order valence-electron chi connectivity index (χ2n) is 3.79. The van der Waals surface area contributed by atoms with Crippen LogP contribution in [0.15, 0.2) is 24.3 Å². The van der Waals surface area contributed by atoms with E-state index in [9.17, 15) is 8.42 Å². The summed E-state index contributed by atoms with van der Waals surface area (Å²) in [5.41, 5.74) is 1.74. The van der Waals surface area contributed by atoms with Crippen molar-refractivity contribution in [1.29, 1.82) is 0 Å². The lowest BCUT2D eigenvalue weighted by Crippen LogP contribution is -2.17. The summed E-state index contributed by atoms with van der Waals surface area (Å²) >= 11 is 0. The van der Waals surface area contributed by atoms with Crippen LogP contribution in [-0.4, -0.2) is 14.2 Å². The van der Waals surface area contributed by atoms with E-state index in [4.69, 9.17) is 0 Å². The molecule has 1 N–H and O–H groups in total. The summed E-state index contributed by atoms with van der Waals surface area (Å²) in [6.45, 7) is 3.99. The van der Waals surface area contributed by atoms with Gasteiger partial charge in [-0.15, -0.1) is 0 Å². The molecule has 0 amide bonds. The van der Waals surface area contributed by atoms with Crippen molar-refractivity contribution in [3.8, 4) is 0 Å². The molecule has 0 atom stereocenters. The Bertz CT molecular complexity index is 426. The summed E-state index contributed by atoms with van der Waals surface area (Å²) in [4.78, 5) is 0. The lowest BCUT2D eigenvalue weighted by atomic mass is 10.1. The van der Waals surface area contributed by atoms with Gasteiger partial charge in [0.25, 0.3) is 0 Å². The SMILES string of the molecule is CCCCS(=O)(=O)Nc1ccccc1CC. The van der Waals surface area contributed by atoms with Crippen molar-refractivity contribution in [3.05, 3.63) is 29.8 Å². The third-order valence-corrected chi connectivity index (χ3v) is 3.79. The molecule has 1 aromatic carbocycles. The van der Waals surface area contributed by atoms with Gasteiger partial charge in [0.15, 0.2) is 0 Å². The second kappa shape index (κ2) is 5.89. The predicted octanol–water partition coefficient (Wildman–Crippen LogP) is 2.79. The van der Waals surface area contributed by atoms with E-state index < -0.39 is 10.0 Å². The monoisotopic (exact) mass is 241 g/mol. The van der Waals surface area contributed by atoms with Crippen LogP contribution in [0.2, 0.25) is 0 Å². The summed E-state index contributed by atoms with van der Waals surface area (Å²) < 4.78 is 26.1. The van der Waals surface area contributed by atoms with Crippen molar-refractivity contribution in [2.45, 2.75) is 33.1 Å². The van der Waals surface area contributed by atoms with Crippen LogP contribution in [0.1, 0.15) is 32.3 Å². The van der Waals surface area contributed by atoms with Crippen molar-refractivity contribution in [2.75, 3.05) is 10.5 Å². The fraction of sp³-hybridized carbons (Fsp3) is 0.500. The molecule has 0 saturated carbocycles. The van der Waals surface area contributed by atoms with Gasteiger partial charge in [-0.1, -0.05) is 38.5 Å². The van der Waals surface area contributed by atoms with E-state index in [0.717, 1.165) is 18.4 Å². The van der Waals surface area contributed by atoms with Gasteiger partial charge in [-0.3, -0.25) is 4.72 Å².